The smallest absolute Gasteiger partial charge is 0.319 e. The molecule has 2 N–H and O–H groups in total. The molecule has 0 spiro atoms. The van der Waals surface area contributed by atoms with Crippen molar-refractivity contribution in [3.05, 3.63) is 48.0 Å². The number of rotatable bonds is 6. The van der Waals surface area contributed by atoms with E-state index in [-0.39, 0.29) is 42.3 Å². The molecule has 2 aromatic rings. The number of guanidine groups is 1. The molecule has 28 heavy (non-hydrogen) atoms. The first kappa shape index (κ1) is 22.1. The minimum atomic E-state index is -2.62. The molecule has 0 atom stereocenters. The van der Waals surface area contributed by atoms with E-state index in [2.05, 4.69) is 20.6 Å². The average Bonchev–Trinajstić information content (AvgIpc) is 3.31. The van der Waals surface area contributed by atoms with E-state index in [0.717, 1.165) is 28.8 Å². The lowest BCUT2D eigenvalue weighted by molar-refractivity contribution is -0.117. The van der Waals surface area contributed by atoms with Crippen LogP contribution in [0, 0.1) is 0 Å². The first-order valence-corrected chi connectivity index (χ1v) is 8.72. The molecule has 0 aliphatic carbocycles. The third-order valence-electron chi connectivity index (χ3n) is 4.38. The fourth-order valence-electron chi connectivity index (χ4n) is 2.94. The number of nitrogens with zero attached hydrogens (tertiary/aromatic N) is 4. The Labute approximate surface area is 179 Å². The minimum Gasteiger partial charge on any atom is -0.352 e. The van der Waals surface area contributed by atoms with Gasteiger partial charge in [-0.3, -0.25) is 14.4 Å². The Morgan fingerprint density at radius 2 is 1.96 bits per heavy atom. The van der Waals surface area contributed by atoms with Gasteiger partial charge in [0.05, 0.1) is 6.54 Å². The van der Waals surface area contributed by atoms with Crippen LogP contribution in [-0.4, -0.2) is 35.0 Å². The fourth-order valence-corrected chi connectivity index (χ4v) is 2.94. The van der Waals surface area contributed by atoms with Crippen molar-refractivity contribution in [1.82, 2.24) is 20.2 Å². The lowest BCUT2D eigenvalue weighted by Gasteiger charge is -2.16. The lowest BCUT2D eigenvalue weighted by atomic mass is 10.2. The van der Waals surface area contributed by atoms with Crippen LogP contribution in [0.1, 0.15) is 30.8 Å². The second kappa shape index (κ2) is 10.3. The van der Waals surface area contributed by atoms with Crippen LogP contribution in [0.3, 0.4) is 0 Å². The normalized spacial score (nSPS) is 14.4. The third-order valence-corrected chi connectivity index (χ3v) is 4.38. The summed E-state index contributed by atoms with van der Waals surface area (Å²) in [6, 6.07) is 7.75. The van der Waals surface area contributed by atoms with E-state index < -0.39 is 6.55 Å². The van der Waals surface area contributed by atoms with E-state index >= 15 is 0 Å². The van der Waals surface area contributed by atoms with Crippen molar-refractivity contribution < 1.29 is 13.6 Å². The quantitative estimate of drug-likeness (QED) is 0.361. The largest absolute Gasteiger partial charge is 0.352 e. The molecular formula is C18H23F2IN6O. The molecule has 2 heterocycles. The van der Waals surface area contributed by atoms with Crippen molar-refractivity contribution >= 4 is 41.5 Å². The van der Waals surface area contributed by atoms with Crippen LogP contribution in [0.15, 0.2) is 41.7 Å². The molecule has 1 aromatic carbocycles. The lowest BCUT2D eigenvalue weighted by Crippen LogP contribution is -2.37. The third kappa shape index (κ3) is 5.40. The van der Waals surface area contributed by atoms with Crippen molar-refractivity contribution in [1.29, 1.82) is 0 Å². The predicted molar refractivity (Wildman–Crippen MR) is 114 cm³/mol. The molecule has 152 valence electrons. The summed E-state index contributed by atoms with van der Waals surface area (Å²) in [6.45, 7) is -1.22. The molecule has 1 amide bonds. The van der Waals surface area contributed by atoms with Gasteiger partial charge in [-0.25, -0.2) is 4.98 Å². The number of aliphatic imine (C=N–C) groups is 1. The van der Waals surface area contributed by atoms with Crippen LogP contribution in [0.4, 0.5) is 14.5 Å². The zero-order chi connectivity index (χ0) is 19.2. The first-order valence-electron chi connectivity index (χ1n) is 8.72. The maximum atomic E-state index is 12.8. The Balaban J connectivity index is 0.00000280. The maximum Gasteiger partial charge on any atom is 0.319 e. The number of carbonyl (C=O) groups is 1. The summed E-state index contributed by atoms with van der Waals surface area (Å²) >= 11 is 0. The van der Waals surface area contributed by atoms with Gasteiger partial charge in [0.1, 0.15) is 5.82 Å². The van der Waals surface area contributed by atoms with E-state index in [0.29, 0.717) is 18.9 Å². The molecule has 1 aliphatic rings. The van der Waals surface area contributed by atoms with E-state index in [1.165, 1.54) is 12.4 Å². The highest BCUT2D eigenvalue weighted by atomic mass is 127. The number of halogens is 3. The van der Waals surface area contributed by atoms with Crippen molar-refractivity contribution in [3.8, 4) is 0 Å². The van der Waals surface area contributed by atoms with E-state index in [1.807, 2.05) is 24.3 Å². The molecule has 7 nitrogen and oxygen atoms in total. The predicted octanol–water partition coefficient (Wildman–Crippen LogP) is 2.89. The number of nitrogens with one attached hydrogen (secondary N) is 2. The summed E-state index contributed by atoms with van der Waals surface area (Å²) in [7, 11) is 1.61. The molecule has 1 fully saturated rings. The van der Waals surface area contributed by atoms with Gasteiger partial charge in [0.25, 0.3) is 0 Å². The van der Waals surface area contributed by atoms with Crippen LogP contribution in [0.25, 0.3) is 0 Å². The van der Waals surface area contributed by atoms with Gasteiger partial charge in [0.2, 0.25) is 5.91 Å². The highest BCUT2D eigenvalue weighted by molar-refractivity contribution is 14.0. The van der Waals surface area contributed by atoms with Gasteiger partial charge < -0.3 is 15.5 Å². The van der Waals surface area contributed by atoms with Crippen LogP contribution in [0.2, 0.25) is 0 Å². The molecule has 3 rings (SSSR count). The number of aromatic nitrogens is 2. The second-order valence-electron chi connectivity index (χ2n) is 6.12. The van der Waals surface area contributed by atoms with Gasteiger partial charge in [0, 0.05) is 44.6 Å². The summed E-state index contributed by atoms with van der Waals surface area (Å²) in [5.74, 6) is 0.873. The van der Waals surface area contributed by atoms with Crippen molar-refractivity contribution in [2.24, 2.45) is 4.99 Å². The highest BCUT2D eigenvalue weighted by Crippen LogP contribution is 2.21. The second-order valence-corrected chi connectivity index (χ2v) is 6.12. The Bertz CT molecular complexity index is 809. The number of imidazole rings is 1. The molecule has 1 saturated heterocycles. The molecule has 1 aliphatic heterocycles. The molecule has 0 unspecified atom stereocenters. The van der Waals surface area contributed by atoms with Crippen LogP contribution in [0.5, 0.6) is 0 Å². The van der Waals surface area contributed by atoms with Gasteiger partial charge >= 0.3 is 6.55 Å². The molecule has 1 aromatic heterocycles. The Morgan fingerprint density at radius 3 is 2.57 bits per heavy atom. The number of benzene rings is 1. The molecule has 0 radical (unpaired) electrons. The monoisotopic (exact) mass is 504 g/mol. The van der Waals surface area contributed by atoms with Crippen molar-refractivity contribution in [3.63, 3.8) is 0 Å². The Hall–Kier alpha value is -2.24. The zero-order valence-corrected chi connectivity index (χ0v) is 17.8. The topological polar surface area (TPSA) is 74.6 Å². The highest BCUT2D eigenvalue weighted by Gasteiger charge is 2.21. The summed E-state index contributed by atoms with van der Waals surface area (Å²) < 4.78 is 26.5. The fraction of sp³-hybridized carbons (Fsp3) is 0.389. The van der Waals surface area contributed by atoms with Gasteiger partial charge in [-0.1, -0.05) is 12.1 Å². The Kier molecular flexibility index (Phi) is 8.15. The Morgan fingerprint density at radius 1 is 1.25 bits per heavy atom. The van der Waals surface area contributed by atoms with E-state index in [1.54, 1.807) is 11.9 Å². The zero-order valence-electron chi connectivity index (χ0n) is 15.4. The molecule has 0 saturated carbocycles. The summed E-state index contributed by atoms with van der Waals surface area (Å²) in [5.41, 5.74) is 1.92. The number of anilines is 1. The minimum absolute atomic E-state index is 0. The van der Waals surface area contributed by atoms with Crippen molar-refractivity contribution in [2.45, 2.75) is 32.5 Å². The van der Waals surface area contributed by atoms with Gasteiger partial charge in [-0.05, 0) is 24.1 Å². The number of hydrogen-bond donors (Lipinski definition) is 2. The molecule has 10 heteroatoms. The van der Waals surface area contributed by atoms with Gasteiger partial charge in [-0.15, -0.1) is 24.0 Å². The number of carbonyl (C=O) groups excluding carboxylic acids is 1. The molecule has 0 bridgehead atoms. The number of amides is 1. The van der Waals surface area contributed by atoms with E-state index in [4.69, 9.17) is 0 Å². The van der Waals surface area contributed by atoms with Gasteiger partial charge in [-0.2, -0.15) is 8.78 Å². The molecular weight excluding hydrogens is 481 g/mol. The van der Waals surface area contributed by atoms with Crippen LogP contribution in [-0.2, 0) is 17.9 Å². The number of alkyl halides is 2. The van der Waals surface area contributed by atoms with E-state index in [9.17, 15) is 13.6 Å². The number of hydrogen-bond acceptors (Lipinski definition) is 3. The van der Waals surface area contributed by atoms with Gasteiger partial charge in [0.15, 0.2) is 5.96 Å². The van der Waals surface area contributed by atoms with Crippen molar-refractivity contribution in [2.75, 3.05) is 18.5 Å². The standard InChI is InChI=1S/C18H22F2N6O.HI/c1-21-18(24-12-15-22-8-10-26(15)17(19)20)23-11-13-4-6-14(7-5-13)25-9-2-3-16(25)27;/h4-8,10,17H,2-3,9,11-12H2,1H3,(H2,21,23,24);1H. The first-order chi connectivity index (χ1) is 13.1. The average molecular weight is 504 g/mol. The summed E-state index contributed by atoms with van der Waals surface area (Å²) in [5, 5.41) is 6.10. The summed E-state index contributed by atoms with van der Waals surface area (Å²) in [4.78, 5) is 21.6. The maximum absolute atomic E-state index is 12.8. The summed E-state index contributed by atoms with van der Waals surface area (Å²) in [6.07, 6.45) is 4.08. The SMILES string of the molecule is CN=C(NCc1ccc(N2CCCC2=O)cc1)NCc1nccn1C(F)F.I. The van der Waals surface area contributed by atoms with Crippen LogP contribution >= 0.6 is 24.0 Å². The van der Waals surface area contributed by atoms with Crippen LogP contribution < -0.4 is 15.5 Å².